The minimum Gasteiger partial charge on any atom is -0.356 e. The highest BCUT2D eigenvalue weighted by atomic mass is 32.2. The molecule has 2 N–H and O–H groups in total. The Balaban J connectivity index is 1.74. The fourth-order valence-electron chi connectivity index (χ4n) is 2.52. The molecule has 0 aromatic carbocycles. The third-order valence-corrected chi connectivity index (χ3v) is 5.87. The number of aliphatic imine (C=N–C) groups is 1. The lowest BCUT2D eigenvalue weighted by Crippen LogP contribution is -2.47. The first-order valence-corrected chi connectivity index (χ1v) is 9.19. The zero-order valence-electron chi connectivity index (χ0n) is 13.1. The van der Waals surface area contributed by atoms with Crippen molar-refractivity contribution in [2.24, 2.45) is 16.8 Å². The zero-order chi connectivity index (χ0) is 17.1. The highest BCUT2D eigenvalue weighted by Gasteiger charge is 2.50. The number of guanidine groups is 1. The minimum absolute atomic E-state index is 0.0949. The van der Waals surface area contributed by atoms with Crippen molar-refractivity contribution in [2.75, 3.05) is 33.2 Å². The number of sulfonamides is 1. The van der Waals surface area contributed by atoms with Crippen LogP contribution in [0.1, 0.15) is 25.7 Å². The Labute approximate surface area is 134 Å². The van der Waals surface area contributed by atoms with Crippen molar-refractivity contribution in [3.8, 4) is 0 Å². The third kappa shape index (κ3) is 4.97. The molecule has 23 heavy (non-hydrogen) atoms. The Morgan fingerprint density at radius 1 is 1.09 bits per heavy atom. The van der Waals surface area contributed by atoms with Gasteiger partial charge in [0.05, 0.1) is 0 Å². The standard InChI is InChI=1S/C13H23F3N4O2S/c1-17-12(18-8-10-2-3-10)19-9-11-4-6-20(7-5-11)23(21,22)13(14,15)16/h10-11H,2-9H2,1H3,(H2,17,18,19). The Bertz CT molecular complexity index is 524. The number of nitrogens with zero attached hydrogens (tertiary/aromatic N) is 2. The second-order valence-electron chi connectivity index (χ2n) is 6.07. The van der Waals surface area contributed by atoms with Gasteiger partial charge in [-0.05, 0) is 37.5 Å². The first-order chi connectivity index (χ1) is 10.7. The molecule has 1 aliphatic heterocycles. The van der Waals surface area contributed by atoms with Crippen LogP contribution in [0.4, 0.5) is 13.2 Å². The van der Waals surface area contributed by atoms with Crippen molar-refractivity contribution in [3.63, 3.8) is 0 Å². The summed E-state index contributed by atoms with van der Waals surface area (Å²) in [4.78, 5) is 4.10. The monoisotopic (exact) mass is 356 g/mol. The molecular formula is C13H23F3N4O2S. The minimum atomic E-state index is -5.22. The smallest absolute Gasteiger partial charge is 0.356 e. The Morgan fingerprint density at radius 2 is 1.57 bits per heavy atom. The van der Waals surface area contributed by atoms with Crippen molar-refractivity contribution >= 4 is 16.0 Å². The van der Waals surface area contributed by atoms with E-state index in [1.165, 1.54) is 12.8 Å². The van der Waals surface area contributed by atoms with Crippen molar-refractivity contribution in [1.82, 2.24) is 14.9 Å². The van der Waals surface area contributed by atoms with E-state index in [4.69, 9.17) is 0 Å². The Hall–Kier alpha value is -1.03. The molecule has 2 aliphatic rings. The number of hydrogen-bond donors (Lipinski definition) is 2. The fraction of sp³-hybridized carbons (Fsp3) is 0.923. The molecule has 0 atom stereocenters. The predicted molar refractivity (Wildman–Crippen MR) is 81.4 cm³/mol. The summed E-state index contributed by atoms with van der Waals surface area (Å²) in [5, 5.41) is 6.36. The van der Waals surface area contributed by atoms with Gasteiger partial charge < -0.3 is 10.6 Å². The predicted octanol–water partition coefficient (Wildman–Crippen LogP) is 1.12. The number of alkyl halides is 3. The topological polar surface area (TPSA) is 73.8 Å². The highest BCUT2D eigenvalue weighted by Crippen LogP contribution is 2.30. The molecule has 0 aromatic rings. The molecule has 2 fully saturated rings. The number of halogens is 3. The molecule has 2 rings (SSSR count). The van der Waals surface area contributed by atoms with Crippen LogP contribution in [0.3, 0.4) is 0 Å². The maximum Gasteiger partial charge on any atom is 0.511 e. The van der Waals surface area contributed by atoms with Crippen LogP contribution in [0.2, 0.25) is 0 Å². The van der Waals surface area contributed by atoms with Crippen LogP contribution >= 0.6 is 0 Å². The maximum absolute atomic E-state index is 12.5. The van der Waals surface area contributed by atoms with Gasteiger partial charge in [0.2, 0.25) is 0 Å². The van der Waals surface area contributed by atoms with Crippen molar-refractivity contribution in [2.45, 2.75) is 31.2 Å². The molecule has 1 heterocycles. The normalized spacial score (nSPS) is 22.2. The molecule has 0 aromatic heterocycles. The van der Waals surface area contributed by atoms with Gasteiger partial charge in [0.15, 0.2) is 5.96 Å². The van der Waals surface area contributed by atoms with E-state index < -0.39 is 15.5 Å². The average molecular weight is 356 g/mol. The van der Waals surface area contributed by atoms with Crippen LogP contribution in [0, 0.1) is 11.8 Å². The lowest BCUT2D eigenvalue weighted by atomic mass is 9.98. The summed E-state index contributed by atoms with van der Waals surface area (Å²) >= 11 is 0. The number of rotatable bonds is 5. The van der Waals surface area contributed by atoms with Gasteiger partial charge in [0.25, 0.3) is 0 Å². The van der Waals surface area contributed by atoms with Gasteiger partial charge in [0, 0.05) is 33.2 Å². The van der Waals surface area contributed by atoms with Gasteiger partial charge in [-0.3, -0.25) is 4.99 Å². The molecule has 6 nitrogen and oxygen atoms in total. The molecule has 0 spiro atoms. The van der Waals surface area contributed by atoms with Crippen LogP contribution in [-0.4, -0.2) is 57.4 Å². The van der Waals surface area contributed by atoms with Gasteiger partial charge in [-0.1, -0.05) is 0 Å². The lowest BCUT2D eigenvalue weighted by Gasteiger charge is -2.31. The van der Waals surface area contributed by atoms with Gasteiger partial charge >= 0.3 is 15.5 Å². The molecule has 10 heteroatoms. The van der Waals surface area contributed by atoms with Crippen molar-refractivity contribution < 1.29 is 21.6 Å². The van der Waals surface area contributed by atoms with Gasteiger partial charge in [0.1, 0.15) is 0 Å². The summed E-state index contributed by atoms with van der Waals surface area (Å²) < 4.78 is 60.7. The van der Waals surface area contributed by atoms with Gasteiger partial charge in [-0.2, -0.15) is 17.5 Å². The molecule has 1 aliphatic carbocycles. The van der Waals surface area contributed by atoms with E-state index in [2.05, 4.69) is 15.6 Å². The summed E-state index contributed by atoms with van der Waals surface area (Å²) in [6.07, 6.45) is 3.27. The van der Waals surface area contributed by atoms with Crippen molar-refractivity contribution in [3.05, 3.63) is 0 Å². The molecule has 0 radical (unpaired) electrons. The quantitative estimate of drug-likeness (QED) is 0.572. The van der Waals surface area contributed by atoms with Crippen molar-refractivity contribution in [1.29, 1.82) is 0 Å². The van der Waals surface area contributed by atoms with Crippen LogP contribution in [0.25, 0.3) is 0 Å². The van der Waals surface area contributed by atoms with Crippen LogP contribution < -0.4 is 10.6 Å². The zero-order valence-corrected chi connectivity index (χ0v) is 13.9. The maximum atomic E-state index is 12.5. The SMILES string of the molecule is CN=C(NCC1CC1)NCC1CCN(S(=O)(=O)C(F)(F)F)CC1. The lowest BCUT2D eigenvalue weighted by molar-refractivity contribution is -0.0496. The van der Waals surface area contributed by atoms with Crippen LogP contribution in [0.15, 0.2) is 4.99 Å². The first kappa shape index (κ1) is 18.3. The van der Waals surface area contributed by atoms with Crippen LogP contribution in [0.5, 0.6) is 0 Å². The Kier molecular flexibility index (Phi) is 5.77. The molecule has 0 amide bonds. The molecule has 134 valence electrons. The summed E-state index contributed by atoms with van der Waals surface area (Å²) in [5.74, 6) is 1.53. The second kappa shape index (κ2) is 7.25. The molecule has 1 saturated carbocycles. The van der Waals surface area contributed by atoms with Gasteiger partial charge in [-0.15, -0.1) is 0 Å². The van der Waals surface area contributed by atoms with E-state index in [-0.39, 0.29) is 19.0 Å². The largest absolute Gasteiger partial charge is 0.511 e. The third-order valence-electron chi connectivity index (χ3n) is 4.24. The molecule has 0 bridgehead atoms. The number of piperidine rings is 1. The van der Waals surface area contributed by atoms with E-state index in [0.29, 0.717) is 35.6 Å². The van der Waals surface area contributed by atoms with Gasteiger partial charge in [-0.25, -0.2) is 8.42 Å². The van der Waals surface area contributed by atoms with Crippen LogP contribution in [-0.2, 0) is 10.0 Å². The van der Waals surface area contributed by atoms with E-state index >= 15 is 0 Å². The van der Waals surface area contributed by atoms with E-state index in [1.54, 1.807) is 7.05 Å². The first-order valence-electron chi connectivity index (χ1n) is 7.75. The molecule has 1 saturated heterocycles. The molecule has 0 unspecified atom stereocenters. The van der Waals surface area contributed by atoms with E-state index in [9.17, 15) is 21.6 Å². The summed E-state index contributed by atoms with van der Waals surface area (Å²) in [6.45, 7) is 1.26. The van der Waals surface area contributed by atoms with E-state index in [1.807, 2.05) is 0 Å². The number of nitrogens with one attached hydrogen (secondary N) is 2. The number of hydrogen-bond acceptors (Lipinski definition) is 3. The van der Waals surface area contributed by atoms with E-state index in [0.717, 1.165) is 6.54 Å². The summed E-state index contributed by atoms with van der Waals surface area (Å²) in [7, 11) is -3.53. The summed E-state index contributed by atoms with van der Waals surface area (Å²) in [5.41, 5.74) is -5.22. The second-order valence-corrected chi connectivity index (χ2v) is 8.00. The molecular weight excluding hydrogens is 333 g/mol. The summed E-state index contributed by atoms with van der Waals surface area (Å²) in [6, 6.07) is 0. The average Bonchev–Trinajstić information content (AvgIpc) is 3.31. The Morgan fingerprint density at radius 3 is 1.96 bits per heavy atom. The highest BCUT2D eigenvalue weighted by molar-refractivity contribution is 7.90. The fourth-order valence-corrected chi connectivity index (χ4v) is 3.51.